The fourth-order valence-electron chi connectivity index (χ4n) is 7.51. The van der Waals surface area contributed by atoms with Crippen molar-refractivity contribution in [2.45, 2.75) is 63.1 Å². The van der Waals surface area contributed by atoms with E-state index in [1.54, 1.807) is 17.5 Å². The predicted molar refractivity (Wildman–Crippen MR) is 133 cm³/mol. The molecule has 1 aromatic heterocycles. The van der Waals surface area contributed by atoms with E-state index in [4.69, 9.17) is 4.74 Å². The first-order valence-electron chi connectivity index (χ1n) is 13.1. The summed E-state index contributed by atoms with van der Waals surface area (Å²) in [5, 5.41) is 7.67. The summed E-state index contributed by atoms with van der Waals surface area (Å²) in [5.41, 5.74) is 0.710. The molecular weight excluding hydrogens is 508 g/mol. The molecular formula is C27H26N4O6S. The summed E-state index contributed by atoms with van der Waals surface area (Å²) >= 11 is 1.26. The number of thiazole rings is 1. The fourth-order valence-corrected chi connectivity index (χ4v) is 8.21. The van der Waals surface area contributed by atoms with Gasteiger partial charge in [0.05, 0.1) is 16.8 Å². The van der Waals surface area contributed by atoms with Gasteiger partial charge < -0.3 is 10.1 Å². The van der Waals surface area contributed by atoms with Crippen molar-refractivity contribution in [1.29, 1.82) is 0 Å². The van der Waals surface area contributed by atoms with Crippen LogP contribution in [0.25, 0.3) is 0 Å². The van der Waals surface area contributed by atoms with Gasteiger partial charge in [-0.2, -0.15) is 0 Å². The minimum Gasteiger partial charge on any atom is -0.486 e. The van der Waals surface area contributed by atoms with Crippen molar-refractivity contribution in [2.75, 3.05) is 0 Å². The summed E-state index contributed by atoms with van der Waals surface area (Å²) in [4.78, 5) is 68.5. The highest BCUT2D eigenvalue weighted by atomic mass is 32.1. The predicted octanol–water partition coefficient (Wildman–Crippen LogP) is 2.43. The third-order valence-corrected chi connectivity index (χ3v) is 9.79. The Kier molecular flexibility index (Phi) is 5.23. The zero-order valence-electron chi connectivity index (χ0n) is 20.5. The molecule has 11 heteroatoms. The molecule has 2 N–H and O–H groups in total. The number of carbonyl (C=O) groups excluding carboxylic acids is 5. The fraction of sp³-hybridized carbons (Fsp3) is 0.481. The Balaban J connectivity index is 1.04. The zero-order valence-corrected chi connectivity index (χ0v) is 21.3. The highest BCUT2D eigenvalue weighted by Crippen LogP contribution is 2.60. The van der Waals surface area contributed by atoms with Crippen LogP contribution < -0.4 is 15.4 Å². The topological polar surface area (TPSA) is 135 Å². The molecule has 2 aliphatic heterocycles. The maximum Gasteiger partial charge on any atom is 0.280 e. The van der Waals surface area contributed by atoms with Crippen LogP contribution in [-0.4, -0.2) is 51.0 Å². The molecule has 4 bridgehead atoms. The Bertz CT molecular complexity index is 1400. The smallest absolute Gasteiger partial charge is 0.280 e. The van der Waals surface area contributed by atoms with E-state index in [0.29, 0.717) is 16.6 Å². The number of hydrogen-bond acceptors (Lipinski definition) is 8. The Morgan fingerprint density at radius 3 is 2.68 bits per heavy atom. The van der Waals surface area contributed by atoms with Crippen molar-refractivity contribution in [2.24, 2.45) is 17.8 Å². The van der Waals surface area contributed by atoms with Gasteiger partial charge >= 0.3 is 0 Å². The van der Waals surface area contributed by atoms with Crippen LogP contribution in [0.3, 0.4) is 0 Å². The number of hydrogen-bond donors (Lipinski definition) is 2. The van der Waals surface area contributed by atoms with Gasteiger partial charge in [-0.15, -0.1) is 11.3 Å². The maximum absolute atomic E-state index is 13.2. The first-order chi connectivity index (χ1) is 18.3. The van der Waals surface area contributed by atoms with Crippen LogP contribution in [0, 0.1) is 17.8 Å². The molecule has 10 nitrogen and oxygen atoms in total. The highest BCUT2D eigenvalue weighted by molar-refractivity contribution is 7.11. The largest absolute Gasteiger partial charge is 0.486 e. The number of carbonyl (C=O) groups is 5. The lowest BCUT2D eigenvalue weighted by atomic mass is 9.80. The standard InChI is InChI=1S/C27H26N4O6S/c32-20-5-4-18(22(33)29-20)31-25(35)17-2-1-3-19(21(17)26(31)36)37-11-16-12-38-24(28-16)23(34)30-27-9-13-6-14(10-27)8-15(27)7-13/h1-3,12-15,18H,4-11H2,(H,30,34)(H,29,32,33). The number of rotatable bonds is 6. The number of piperidine rings is 1. The van der Waals surface area contributed by atoms with E-state index in [1.165, 1.54) is 36.7 Å². The Labute approximate surface area is 222 Å². The van der Waals surface area contributed by atoms with Crippen LogP contribution in [0.5, 0.6) is 5.75 Å². The van der Waals surface area contributed by atoms with E-state index in [0.717, 1.165) is 29.6 Å². The van der Waals surface area contributed by atoms with Crippen molar-refractivity contribution in [3.8, 4) is 5.75 Å². The summed E-state index contributed by atoms with van der Waals surface area (Å²) < 4.78 is 5.91. The molecule has 3 unspecified atom stereocenters. The number of nitrogens with zero attached hydrogens (tertiary/aromatic N) is 2. The number of ether oxygens (including phenoxy) is 1. The average Bonchev–Trinajstić information content (AvgIpc) is 3.58. The molecule has 0 radical (unpaired) electrons. The zero-order chi connectivity index (χ0) is 26.2. The third-order valence-electron chi connectivity index (χ3n) is 8.90. The van der Waals surface area contributed by atoms with Crippen LogP contribution in [0.4, 0.5) is 0 Å². The second-order valence-electron chi connectivity index (χ2n) is 11.2. The van der Waals surface area contributed by atoms with Crippen molar-refractivity contribution in [3.05, 3.63) is 45.4 Å². The molecule has 0 spiro atoms. The first kappa shape index (κ1) is 23.5. The number of imide groups is 2. The van der Waals surface area contributed by atoms with Crippen molar-refractivity contribution >= 4 is 40.9 Å². The van der Waals surface area contributed by atoms with Gasteiger partial charge in [-0.25, -0.2) is 4.98 Å². The van der Waals surface area contributed by atoms with E-state index in [9.17, 15) is 24.0 Å². The Morgan fingerprint density at radius 1 is 1.13 bits per heavy atom. The summed E-state index contributed by atoms with van der Waals surface area (Å²) in [6.07, 6.45) is 6.02. The highest BCUT2D eigenvalue weighted by Gasteiger charge is 2.58. The van der Waals surface area contributed by atoms with Crippen LogP contribution in [0.2, 0.25) is 0 Å². The van der Waals surface area contributed by atoms with E-state index in [1.807, 2.05) is 0 Å². The monoisotopic (exact) mass is 534 g/mol. The average molecular weight is 535 g/mol. The van der Waals surface area contributed by atoms with E-state index < -0.39 is 29.7 Å². The lowest BCUT2D eigenvalue weighted by Crippen LogP contribution is -2.54. The normalized spacial score (nSPS) is 31.1. The molecule has 5 fully saturated rings. The molecule has 3 atom stereocenters. The molecule has 4 saturated carbocycles. The number of benzene rings is 1. The number of amides is 5. The summed E-state index contributed by atoms with van der Waals surface area (Å²) in [6.45, 7) is 0.0119. The molecule has 2 aromatic rings. The molecule has 6 aliphatic rings. The maximum atomic E-state index is 13.2. The quantitative estimate of drug-likeness (QED) is 0.544. The lowest BCUT2D eigenvalue weighted by Gasteiger charge is -2.33. The lowest BCUT2D eigenvalue weighted by molar-refractivity contribution is -0.136. The minimum atomic E-state index is -1.04. The van der Waals surface area contributed by atoms with Gasteiger partial charge in [0.2, 0.25) is 11.8 Å². The number of aromatic nitrogens is 1. The van der Waals surface area contributed by atoms with Gasteiger partial charge in [0, 0.05) is 17.3 Å². The molecule has 5 amide bonds. The molecule has 38 heavy (non-hydrogen) atoms. The molecule has 1 saturated heterocycles. The molecule has 4 aliphatic carbocycles. The minimum absolute atomic E-state index is 0.0119. The molecule has 196 valence electrons. The van der Waals surface area contributed by atoms with Gasteiger partial charge in [0.15, 0.2) is 5.01 Å². The summed E-state index contributed by atoms with van der Waals surface area (Å²) in [7, 11) is 0. The number of nitrogens with one attached hydrogen (secondary N) is 2. The van der Waals surface area contributed by atoms with Gasteiger partial charge in [-0.1, -0.05) is 6.07 Å². The van der Waals surface area contributed by atoms with E-state index in [2.05, 4.69) is 15.6 Å². The molecule has 3 heterocycles. The molecule has 1 aromatic carbocycles. The van der Waals surface area contributed by atoms with Crippen LogP contribution in [0.15, 0.2) is 23.6 Å². The van der Waals surface area contributed by atoms with Crippen molar-refractivity contribution in [1.82, 2.24) is 20.5 Å². The van der Waals surface area contributed by atoms with E-state index >= 15 is 0 Å². The van der Waals surface area contributed by atoms with E-state index in [-0.39, 0.29) is 47.8 Å². The molecule has 8 rings (SSSR count). The second kappa shape index (κ2) is 8.45. The van der Waals surface area contributed by atoms with Gasteiger partial charge in [-0.3, -0.25) is 34.2 Å². The van der Waals surface area contributed by atoms with Gasteiger partial charge in [0.1, 0.15) is 18.4 Å². The van der Waals surface area contributed by atoms with Crippen LogP contribution in [0.1, 0.15) is 81.2 Å². The Hall–Kier alpha value is -3.60. The van der Waals surface area contributed by atoms with Crippen molar-refractivity contribution in [3.63, 3.8) is 0 Å². The summed E-state index contributed by atoms with van der Waals surface area (Å²) in [6, 6.07) is 3.67. The van der Waals surface area contributed by atoms with Crippen LogP contribution in [-0.2, 0) is 16.2 Å². The first-order valence-corrected chi connectivity index (χ1v) is 13.9. The summed E-state index contributed by atoms with van der Waals surface area (Å²) in [5.74, 6) is -0.195. The number of fused-ring (bicyclic) bond motifs is 1. The SMILES string of the molecule is O=C1CCC(N2C(=O)c3cccc(OCc4csc(C(=O)NC56CC7CC(CC5C7)C6)n4)c3C2=O)C(=O)N1. The van der Waals surface area contributed by atoms with Gasteiger partial charge in [-0.05, 0) is 68.4 Å². The van der Waals surface area contributed by atoms with Crippen molar-refractivity contribution < 1.29 is 28.7 Å². The van der Waals surface area contributed by atoms with Crippen LogP contribution >= 0.6 is 11.3 Å². The van der Waals surface area contributed by atoms with Gasteiger partial charge in [0.25, 0.3) is 17.7 Å². The Morgan fingerprint density at radius 2 is 1.92 bits per heavy atom. The second-order valence-corrected chi connectivity index (χ2v) is 12.1. The third kappa shape index (κ3) is 3.58.